The van der Waals surface area contributed by atoms with Crippen molar-refractivity contribution in [2.24, 2.45) is 5.73 Å². The first-order chi connectivity index (χ1) is 15.7. The van der Waals surface area contributed by atoms with Crippen molar-refractivity contribution in [3.8, 4) is 0 Å². The number of hydrogen-bond donors (Lipinski definition) is 7. The number of benzene rings is 1. The van der Waals surface area contributed by atoms with Gasteiger partial charge in [0.1, 0.15) is 18.1 Å². The second-order valence-electron chi connectivity index (χ2n) is 7.45. The summed E-state index contributed by atoms with van der Waals surface area (Å²) >= 11 is 0. The van der Waals surface area contributed by atoms with E-state index in [9.17, 15) is 24.3 Å². The number of H-pyrrole nitrogens is 1. The fraction of sp³-hybridized carbons (Fsp3) is 0.381. The number of aliphatic hydroxyl groups excluding tert-OH is 1. The van der Waals surface area contributed by atoms with Gasteiger partial charge in [-0.25, -0.2) is 4.98 Å². The molecular formula is C21H28N6O6. The van der Waals surface area contributed by atoms with E-state index in [2.05, 4.69) is 25.9 Å². The zero-order valence-corrected chi connectivity index (χ0v) is 18.0. The monoisotopic (exact) mass is 460 g/mol. The first-order valence-electron chi connectivity index (χ1n) is 10.2. The molecule has 0 aliphatic rings. The molecule has 0 bridgehead atoms. The number of carbonyl (C=O) groups excluding carboxylic acids is 3. The van der Waals surface area contributed by atoms with Crippen LogP contribution in [0.2, 0.25) is 0 Å². The third kappa shape index (κ3) is 8.01. The minimum atomic E-state index is -1.42. The van der Waals surface area contributed by atoms with E-state index in [1.807, 2.05) is 30.3 Å². The summed E-state index contributed by atoms with van der Waals surface area (Å²) < 4.78 is 0. The Labute approximate surface area is 190 Å². The molecular weight excluding hydrogens is 432 g/mol. The van der Waals surface area contributed by atoms with Crippen LogP contribution in [0.15, 0.2) is 42.9 Å². The standard InChI is InChI=1S/C21H28N6O6/c1-12(21(32)33)25-20(31)17(10-28)27-19(30)16(8-14-9-23-11-24-14)26-18(29)15(22)7-13-5-3-2-4-6-13/h2-6,9,11-12,15-17,28H,7-8,10,22H2,1H3,(H,23,24)(H,25,31)(H,26,29)(H,27,30)(H,32,33). The molecule has 33 heavy (non-hydrogen) atoms. The van der Waals surface area contributed by atoms with Gasteiger partial charge in [-0.15, -0.1) is 0 Å². The molecule has 1 aromatic carbocycles. The molecule has 0 radical (unpaired) electrons. The lowest BCUT2D eigenvalue weighted by Crippen LogP contribution is -2.58. The van der Waals surface area contributed by atoms with Crippen molar-refractivity contribution in [2.45, 2.75) is 43.9 Å². The molecule has 178 valence electrons. The SMILES string of the molecule is CC(NC(=O)C(CO)NC(=O)C(Cc1cnc[nH]1)NC(=O)C(N)Cc1ccccc1)C(=O)O. The fourth-order valence-corrected chi connectivity index (χ4v) is 2.91. The Balaban J connectivity index is 2.08. The van der Waals surface area contributed by atoms with Gasteiger partial charge in [0.25, 0.3) is 0 Å². The summed E-state index contributed by atoms with van der Waals surface area (Å²) in [5.74, 6) is -3.50. The summed E-state index contributed by atoms with van der Waals surface area (Å²) in [6.45, 7) is 0.466. The van der Waals surface area contributed by atoms with Crippen LogP contribution in [0.25, 0.3) is 0 Å². The van der Waals surface area contributed by atoms with Gasteiger partial charge in [0, 0.05) is 18.3 Å². The number of amides is 3. The van der Waals surface area contributed by atoms with Crippen molar-refractivity contribution < 1.29 is 29.4 Å². The zero-order valence-electron chi connectivity index (χ0n) is 18.0. The number of carboxylic acid groups (broad SMARTS) is 1. The number of rotatable bonds is 12. The smallest absolute Gasteiger partial charge is 0.325 e. The van der Waals surface area contributed by atoms with Gasteiger partial charge >= 0.3 is 5.97 Å². The number of nitrogens with one attached hydrogen (secondary N) is 4. The summed E-state index contributed by atoms with van der Waals surface area (Å²) in [6, 6.07) is 4.41. The van der Waals surface area contributed by atoms with E-state index in [0.717, 1.165) is 5.56 Å². The summed E-state index contributed by atoms with van der Waals surface area (Å²) in [4.78, 5) is 55.4. The molecule has 0 fully saturated rings. The molecule has 4 unspecified atom stereocenters. The number of imidazole rings is 1. The third-order valence-electron chi connectivity index (χ3n) is 4.79. The lowest BCUT2D eigenvalue weighted by Gasteiger charge is -2.23. The minimum Gasteiger partial charge on any atom is -0.480 e. The maximum absolute atomic E-state index is 12.9. The number of aliphatic carboxylic acids is 1. The second kappa shape index (κ2) is 12.3. The highest BCUT2D eigenvalue weighted by Crippen LogP contribution is 2.04. The van der Waals surface area contributed by atoms with Crippen LogP contribution in [0.4, 0.5) is 0 Å². The van der Waals surface area contributed by atoms with Gasteiger partial charge in [0.15, 0.2) is 0 Å². The molecule has 4 atom stereocenters. The quantitative estimate of drug-likeness (QED) is 0.190. The number of aromatic nitrogens is 2. The van der Waals surface area contributed by atoms with E-state index in [-0.39, 0.29) is 12.8 Å². The van der Waals surface area contributed by atoms with Crippen LogP contribution >= 0.6 is 0 Å². The Kier molecular flexibility index (Phi) is 9.51. The molecule has 2 rings (SSSR count). The molecule has 0 aliphatic carbocycles. The van der Waals surface area contributed by atoms with E-state index in [0.29, 0.717) is 5.69 Å². The van der Waals surface area contributed by atoms with Crippen LogP contribution in [0.3, 0.4) is 0 Å². The van der Waals surface area contributed by atoms with Crippen LogP contribution < -0.4 is 21.7 Å². The van der Waals surface area contributed by atoms with Gasteiger partial charge in [0.05, 0.1) is 19.0 Å². The topological polar surface area (TPSA) is 200 Å². The van der Waals surface area contributed by atoms with Crippen molar-refractivity contribution >= 4 is 23.7 Å². The highest BCUT2D eigenvalue weighted by atomic mass is 16.4. The van der Waals surface area contributed by atoms with E-state index in [4.69, 9.17) is 10.8 Å². The molecule has 2 aromatic rings. The highest BCUT2D eigenvalue weighted by Gasteiger charge is 2.29. The number of nitrogens with two attached hydrogens (primary N) is 1. The molecule has 0 saturated heterocycles. The Bertz CT molecular complexity index is 936. The van der Waals surface area contributed by atoms with Crippen molar-refractivity contribution in [1.29, 1.82) is 0 Å². The molecule has 1 aromatic heterocycles. The molecule has 12 heteroatoms. The Morgan fingerprint density at radius 3 is 2.21 bits per heavy atom. The van der Waals surface area contributed by atoms with Crippen molar-refractivity contribution in [3.05, 3.63) is 54.1 Å². The van der Waals surface area contributed by atoms with E-state index in [1.165, 1.54) is 19.4 Å². The number of carbonyl (C=O) groups is 4. The summed E-state index contributed by atoms with van der Waals surface area (Å²) in [7, 11) is 0. The molecule has 1 heterocycles. The van der Waals surface area contributed by atoms with Gasteiger partial charge in [-0.3, -0.25) is 19.2 Å². The average Bonchev–Trinajstić information content (AvgIpc) is 3.30. The van der Waals surface area contributed by atoms with Crippen LogP contribution in [-0.2, 0) is 32.0 Å². The number of nitrogens with zero attached hydrogens (tertiary/aromatic N) is 1. The minimum absolute atomic E-state index is 0.0148. The third-order valence-corrected chi connectivity index (χ3v) is 4.79. The summed E-state index contributed by atoms with van der Waals surface area (Å²) in [5, 5.41) is 25.5. The zero-order chi connectivity index (χ0) is 24.4. The number of hydrogen-bond acceptors (Lipinski definition) is 7. The maximum atomic E-state index is 12.9. The van der Waals surface area contributed by atoms with Crippen LogP contribution in [-0.4, -0.2) is 74.6 Å². The largest absolute Gasteiger partial charge is 0.480 e. The molecule has 12 nitrogen and oxygen atoms in total. The van der Waals surface area contributed by atoms with Crippen LogP contribution in [0, 0.1) is 0 Å². The Morgan fingerprint density at radius 1 is 1.00 bits per heavy atom. The van der Waals surface area contributed by atoms with E-state index >= 15 is 0 Å². The normalized spacial score (nSPS) is 14.4. The lowest BCUT2D eigenvalue weighted by atomic mass is 10.0. The second-order valence-corrected chi connectivity index (χ2v) is 7.45. The predicted molar refractivity (Wildman–Crippen MR) is 117 cm³/mol. The summed E-state index contributed by atoms with van der Waals surface area (Å²) in [6.07, 6.45) is 3.15. The maximum Gasteiger partial charge on any atom is 0.325 e. The Hall–Kier alpha value is -3.77. The van der Waals surface area contributed by atoms with Crippen LogP contribution in [0.1, 0.15) is 18.2 Å². The van der Waals surface area contributed by atoms with Crippen LogP contribution in [0.5, 0.6) is 0 Å². The van der Waals surface area contributed by atoms with Gasteiger partial charge in [-0.05, 0) is 18.9 Å². The number of aromatic amines is 1. The van der Waals surface area contributed by atoms with Crippen molar-refractivity contribution in [1.82, 2.24) is 25.9 Å². The van der Waals surface area contributed by atoms with Crippen molar-refractivity contribution in [3.63, 3.8) is 0 Å². The molecule has 3 amide bonds. The van der Waals surface area contributed by atoms with Gasteiger partial charge in [-0.2, -0.15) is 0 Å². The number of carboxylic acids is 1. The summed E-state index contributed by atoms with van der Waals surface area (Å²) in [5.41, 5.74) is 7.39. The first kappa shape index (κ1) is 25.5. The molecule has 0 aliphatic heterocycles. The van der Waals surface area contributed by atoms with E-state index in [1.54, 1.807) is 0 Å². The highest BCUT2D eigenvalue weighted by molar-refractivity contribution is 5.94. The Morgan fingerprint density at radius 2 is 1.64 bits per heavy atom. The fourth-order valence-electron chi connectivity index (χ4n) is 2.91. The number of aliphatic hydroxyl groups is 1. The van der Waals surface area contributed by atoms with Gasteiger partial charge in [-0.1, -0.05) is 30.3 Å². The molecule has 0 spiro atoms. The molecule has 0 saturated carbocycles. The van der Waals surface area contributed by atoms with E-state index < -0.39 is 54.5 Å². The van der Waals surface area contributed by atoms with Crippen molar-refractivity contribution in [2.75, 3.05) is 6.61 Å². The van der Waals surface area contributed by atoms with Gasteiger partial charge < -0.3 is 36.9 Å². The first-order valence-corrected chi connectivity index (χ1v) is 10.2. The predicted octanol–water partition coefficient (Wildman–Crippen LogP) is -1.93. The van der Waals surface area contributed by atoms with Gasteiger partial charge in [0.2, 0.25) is 17.7 Å². The molecule has 8 N–H and O–H groups in total. The average molecular weight is 460 g/mol. The lowest BCUT2D eigenvalue weighted by molar-refractivity contribution is -0.142.